The zero-order chi connectivity index (χ0) is 30.4. The van der Waals surface area contributed by atoms with E-state index in [2.05, 4.69) is 28.9 Å². The topological polar surface area (TPSA) is 104 Å². The van der Waals surface area contributed by atoms with Crippen molar-refractivity contribution in [3.05, 3.63) is 114 Å². The molecule has 2 aromatic carbocycles. The number of ketones is 1. The molecule has 42 heavy (non-hydrogen) atoms. The summed E-state index contributed by atoms with van der Waals surface area (Å²) in [6.07, 6.45) is 3.58. The van der Waals surface area contributed by atoms with Crippen LogP contribution in [0.2, 0.25) is 5.02 Å². The number of carbonyl (C=O) groups is 3. The first-order chi connectivity index (χ1) is 20.1. The van der Waals surface area contributed by atoms with Crippen LogP contribution in [0.15, 0.2) is 97.9 Å². The van der Waals surface area contributed by atoms with Crippen LogP contribution in [-0.4, -0.2) is 41.2 Å². The van der Waals surface area contributed by atoms with Crippen LogP contribution in [0.1, 0.15) is 18.1 Å². The minimum atomic E-state index is -1.34. The van der Waals surface area contributed by atoms with Crippen molar-refractivity contribution in [2.24, 2.45) is 0 Å². The van der Waals surface area contributed by atoms with Crippen molar-refractivity contribution in [3.8, 4) is 0 Å². The van der Waals surface area contributed by atoms with E-state index in [0.717, 1.165) is 17.7 Å². The SMILES string of the molecule is C=CC(=O)Nc1ccc(N(CC(=O)C2=C(OCc3ccccc3)C(C)(Cl)N(NC)c3ccc(Cl)cc32)C(=O)C=C)cn1. The molecule has 1 atom stereocenters. The Balaban J connectivity index is 1.79. The average Bonchev–Trinajstić information content (AvgIpc) is 2.99. The van der Waals surface area contributed by atoms with Gasteiger partial charge in [-0.3, -0.25) is 24.3 Å². The molecule has 1 aliphatic heterocycles. The predicted molar refractivity (Wildman–Crippen MR) is 166 cm³/mol. The molecule has 0 bridgehead atoms. The highest BCUT2D eigenvalue weighted by atomic mass is 35.5. The summed E-state index contributed by atoms with van der Waals surface area (Å²) in [5.41, 5.74) is 5.52. The molecule has 216 valence electrons. The van der Waals surface area contributed by atoms with E-state index in [1.54, 1.807) is 43.2 Å². The third-order valence-corrected chi connectivity index (χ3v) is 7.07. The van der Waals surface area contributed by atoms with E-state index in [-0.39, 0.29) is 23.8 Å². The van der Waals surface area contributed by atoms with Gasteiger partial charge in [-0.1, -0.05) is 66.7 Å². The molecule has 1 aromatic heterocycles. The summed E-state index contributed by atoms with van der Waals surface area (Å²) in [6, 6.07) is 17.6. The van der Waals surface area contributed by atoms with Crippen molar-refractivity contribution >= 4 is 63.6 Å². The molecule has 0 aliphatic carbocycles. The standard InChI is InChI=1S/C31H29Cl2N5O4/c1-5-27(40)36-26-15-13-22(17-35-26)37(28(41)6-2)18-25(39)29-23-16-21(32)12-14-24(23)38(34-4)31(3,33)30(29)42-19-20-10-8-7-9-11-20/h5-17,34H,1-2,18-19H2,3-4H3,(H,35,36,40). The number of hydrogen-bond acceptors (Lipinski definition) is 7. The first kappa shape index (κ1) is 30.5. The molecule has 3 aromatic rings. The normalized spacial score (nSPS) is 15.9. The van der Waals surface area contributed by atoms with Crippen LogP contribution in [-0.2, 0) is 25.7 Å². The molecule has 1 unspecified atom stereocenters. The monoisotopic (exact) mass is 605 g/mol. The fraction of sp³-hybridized carbons (Fsp3) is 0.161. The number of hydrogen-bond donors (Lipinski definition) is 2. The van der Waals surface area contributed by atoms with E-state index in [1.807, 2.05) is 30.3 Å². The van der Waals surface area contributed by atoms with E-state index in [1.165, 1.54) is 17.2 Å². The van der Waals surface area contributed by atoms with E-state index in [9.17, 15) is 14.4 Å². The van der Waals surface area contributed by atoms with Gasteiger partial charge in [0.15, 0.2) is 16.5 Å². The number of rotatable bonds is 11. The molecule has 0 saturated heterocycles. The zero-order valence-electron chi connectivity index (χ0n) is 23.1. The summed E-state index contributed by atoms with van der Waals surface area (Å²) in [5, 5.41) is 4.63. The van der Waals surface area contributed by atoms with Crippen LogP contribution >= 0.6 is 23.2 Å². The Bertz CT molecular complexity index is 1560. The number of hydrazine groups is 1. The fourth-order valence-electron chi connectivity index (χ4n) is 4.55. The maximum absolute atomic E-state index is 14.2. The second-order valence-corrected chi connectivity index (χ2v) is 10.5. The molecule has 9 nitrogen and oxygen atoms in total. The Morgan fingerprint density at radius 2 is 1.83 bits per heavy atom. The first-order valence-electron chi connectivity index (χ1n) is 12.8. The van der Waals surface area contributed by atoms with Gasteiger partial charge in [-0.15, -0.1) is 0 Å². The lowest BCUT2D eigenvalue weighted by atomic mass is 9.91. The maximum Gasteiger partial charge on any atom is 0.250 e. The molecule has 0 fully saturated rings. The van der Waals surface area contributed by atoms with Crippen LogP contribution in [0.3, 0.4) is 0 Å². The number of fused-ring (bicyclic) bond motifs is 1. The Kier molecular flexibility index (Phi) is 9.47. The van der Waals surface area contributed by atoms with Gasteiger partial charge >= 0.3 is 0 Å². The van der Waals surface area contributed by atoms with Gasteiger partial charge in [0.2, 0.25) is 5.91 Å². The van der Waals surface area contributed by atoms with Gasteiger partial charge in [-0.05, 0) is 55.0 Å². The minimum Gasteiger partial charge on any atom is -0.489 e. The number of nitrogens with zero attached hydrogens (tertiary/aromatic N) is 3. The number of ether oxygens (including phenoxy) is 1. The van der Waals surface area contributed by atoms with Crippen LogP contribution < -0.4 is 20.7 Å². The van der Waals surface area contributed by atoms with Crippen LogP contribution in [0, 0.1) is 0 Å². The number of alkyl halides is 1. The molecule has 4 rings (SSSR count). The number of Topliss-reactive ketones (excluding diaryl/α,β-unsaturated/α-hetero) is 1. The van der Waals surface area contributed by atoms with Crippen LogP contribution in [0.5, 0.6) is 0 Å². The van der Waals surface area contributed by atoms with Crippen molar-refractivity contribution in [2.45, 2.75) is 18.5 Å². The summed E-state index contributed by atoms with van der Waals surface area (Å²) in [5.74, 6) is -0.986. The van der Waals surface area contributed by atoms with Gasteiger partial charge in [-0.2, -0.15) is 0 Å². The van der Waals surface area contributed by atoms with Crippen molar-refractivity contribution in [3.63, 3.8) is 0 Å². The number of halogens is 2. The lowest BCUT2D eigenvalue weighted by Crippen LogP contribution is -2.54. The molecule has 0 saturated carbocycles. The predicted octanol–water partition coefficient (Wildman–Crippen LogP) is 5.49. The van der Waals surface area contributed by atoms with E-state index >= 15 is 0 Å². The molecule has 0 radical (unpaired) electrons. The molecule has 2 heterocycles. The average molecular weight is 607 g/mol. The van der Waals surface area contributed by atoms with Gasteiger partial charge in [0.1, 0.15) is 12.4 Å². The third-order valence-electron chi connectivity index (χ3n) is 6.50. The van der Waals surface area contributed by atoms with Crippen LogP contribution in [0.25, 0.3) is 5.57 Å². The summed E-state index contributed by atoms with van der Waals surface area (Å²) in [6.45, 7) is 8.45. The molecule has 2 N–H and O–H groups in total. The van der Waals surface area contributed by atoms with Crippen molar-refractivity contribution in [1.29, 1.82) is 0 Å². The second-order valence-electron chi connectivity index (χ2n) is 9.30. The van der Waals surface area contributed by atoms with Gasteiger partial charge in [0.05, 0.1) is 29.7 Å². The molecule has 1 aliphatic rings. The lowest BCUT2D eigenvalue weighted by molar-refractivity contribution is -0.117. The largest absolute Gasteiger partial charge is 0.489 e. The van der Waals surface area contributed by atoms with Crippen LogP contribution in [0.4, 0.5) is 17.2 Å². The van der Waals surface area contributed by atoms with Gasteiger partial charge in [0, 0.05) is 17.6 Å². The highest BCUT2D eigenvalue weighted by molar-refractivity contribution is 6.35. The second kappa shape index (κ2) is 13.0. The van der Waals surface area contributed by atoms with Crippen molar-refractivity contribution < 1.29 is 19.1 Å². The molecular formula is C31H29Cl2N5O4. The molecule has 0 spiro atoms. The number of carbonyl (C=O) groups excluding carboxylic acids is 3. The Labute approximate surface area is 254 Å². The molecule has 11 heteroatoms. The number of aromatic nitrogens is 1. The number of nitrogens with one attached hydrogen (secondary N) is 2. The fourth-order valence-corrected chi connectivity index (χ4v) is 5.05. The highest BCUT2D eigenvalue weighted by Gasteiger charge is 2.45. The van der Waals surface area contributed by atoms with E-state index in [0.29, 0.717) is 22.0 Å². The lowest BCUT2D eigenvalue weighted by Gasteiger charge is -2.43. The Morgan fingerprint density at radius 3 is 2.45 bits per heavy atom. The number of amides is 2. The zero-order valence-corrected chi connectivity index (χ0v) is 24.6. The summed E-state index contributed by atoms with van der Waals surface area (Å²) in [4.78, 5) is 42.9. The van der Waals surface area contributed by atoms with Gasteiger partial charge in [-0.25, -0.2) is 10.4 Å². The minimum absolute atomic E-state index is 0.139. The molecule has 2 amide bonds. The Morgan fingerprint density at radius 1 is 1.10 bits per heavy atom. The number of benzene rings is 2. The summed E-state index contributed by atoms with van der Waals surface area (Å²) < 4.78 is 6.30. The summed E-state index contributed by atoms with van der Waals surface area (Å²) in [7, 11) is 1.71. The summed E-state index contributed by atoms with van der Waals surface area (Å²) >= 11 is 13.5. The van der Waals surface area contributed by atoms with Crippen molar-refractivity contribution in [1.82, 2.24) is 10.4 Å². The van der Waals surface area contributed by atoms with Gasteiger partial charge < -0.3 is 10.1 Å². The van der Waals surface area contributed by atoms with E-state index < -0.39 is 29.1 Å². The third kappa shape index (κ3) is 6.38. The number of anilines is 3. The van der Waals surface area contributed by atoms with E-state index in [4.69, 9.17) is 27.9 Å². The Hall–Kier alpha value is -4.44. The first-order valence-corrected chi connectivity index (χ1v) is 13.6. The smallest absolute Gasteiger partial charge is 0.250 e. The molecular weight excluding hydrogens is 577 g/mol. The maximum atomic E-state index is 14.2. The van der Waals surface area contributed by atoms with Crippen molar-refractivity contribution in [2.75, 3.05) is 28.8 Å². The highest BCUT2D eigenvalue weighted by Crippen LogP contribution is 2.46. The quantitative estimate of drug-likeness (QED) is 0.169. The number of pyridine rings is 1. The van der Waals surface area contributed by atoms with Gasteiger partial charge in [0.25, 0.3) is 5.91 Å².